The number of benzene rings is 1. The molecule has 0 aliphatic carbocycles. The van der Waals surface area contributed by atoms with Crippen molar-refractivity contribution < 1.29 is 13.2 Å². The Kier molecular flexibility index (Phi) is 3.34. The van der Waals surface area contributed by atoms with Crippen LogP contribution in [0, 0.1) is 0 Å². The molecule has 0 spiro atoms. The van der Waals surface area contributed by atoms with Gasteiger partial charge in [-0.15, -0.1) is 11.6 Å². The van der Waals surface area contributed by atoms with Crippen LogP contribution in [0.4, 0.5) is 13.2 Å². The molecular formula is C12H10ClF3N2. The quantitative estimate of drug-likeness (QED) is 0.761. The second-order valence-corrected chi connectivity index (χ2v) is 4.16. The minimum Gasteiger partial charge on any atom is -0.330 e. The summed E-state index contributed by atoms with van der Waals surface area (Å²) in [6.45, 7) is 0. The fraction of sp³-hybridized carbons (Fsp3) is 0.250. The van der Waals surface area contributed by atoms with E-state index in [9.17, 15) is 13.2 Å². The van der Waals surface area contributed by atoms with E-state index in [-0.39, 0.29) is 0 Å². The molecule has 18 heavy (non-hydrogen) atoms. The molecule has 0 aliphatic heterocycles. The van der Waals surface area contributed by atoms with Crippen LogP contribution in [0.3, 0.4) is 0 Å². The Hall–Kier alpha value is -1.49. The van der Waals surface area contributed by atoms with Gasteiger partial charge in [-0.05, 0) is 5.56 Å². The second kappa shape index (κ2) is 4.65. The number of rotatable bonds is 2. The Morgan fingerprint density at radius 3 is 2.28 bits per heavy atom. The van der Waals surface area contributed by atoms with E-state index in [2.05, 4.69) is 4.98 Å². The maximum absolute atomic E-state index is 12.6. The van der Waals surface area contributed by atoms with Gasteiger partial charge >= 0.3 is 6.18 Å². The SMILES string of the molecule is Cn1cc(-c2ccc(CCl)cc2)nc1C(F)(F)F. The summed E-state index contributed by atoms with van der Waals surface area (Å²) in [6.07, 6.45) is -3.08. The first kappa shape index (κ1) is 13.0. The summed E-state index contributed by atoms with van der Waals surface area (Å²) in [5, 5.41) is 0. The van der Waals surface area contributed by atoms with Crippen molar-refractivity contribution in [2.24, 2.45) is 7.05 Å². The highest BCUT2D eigenvalue weighted by Crippen LogP contribution is 2.30. The third-order valence-electron chi connectivity index (χ3n) is 2.53. The lowest BCUT2D eigenvalue weighted by atomic mass is 10.1. The molecule has 0 fully saturated rings. The van der Waals surface area contributed by atoms with E-state index < -0.39 is 12.0 Å². The van der Waals surface area contributed by atoms with Crippen LogP contribution in [0.2, 0.25) is 0 Å². The standard InChI is InChI=1S/C12H10ClF3N2/c1-18-7-10(17-11(18)12(14,15)16)9-4-2-8(6-13)3-5-9/h2-5,7H,6H2,1H3. The van der Waals surface area contributed by atoms with Crippen LogP contribution >= 0.6 is 11.6 Å². The molecule has 2 aromatic rings. The molecule has 0 atom stereocenters. The fourth-order valence-corrected chi connectivity index (χ4v) is 1.81. The van der Waals surface area contributed by atoms with E-state index in [0.29, 0.717) is 17.1 Å². The van der Waals surface area contributed by atoms with Gasteiger partial charge in [0.05, 0.1) is 5.69 Å². The lowest BCUT2D eigenvalue weighted by Crippen LogP contribution is -2.12. The van der Waals surface area contributed by atoms with Crippen LogP contribution < -0.4 is 0 Å². The van der Waals surface area contributed by atoms with E-state index in [1.807, 2.05) is 0 Å². The topological polar surface area (TPSA) is 17.8 Å². The van der Waals surface area contributed by atoms with Gasteiger partial charge in [0.2, 0.25) is 5.82 Å². The molecule has 0 radical (unpaired) electrons. The Morgan fingerprint density at radius 2 is 1.83 bits per heavy atom. The molecule has 0 bridgehead atoms. The summed E-state index contributed by atoms with van der Waals surface area (Å²) in [5.74, 6) is -0.532. The number of hydrogen-bond donors (Lipinski definition) is 0. The molecule has 2 rings (SSSR count). The Labute approximate surface area is 107 Å². The molecule has 0 unspecified atom stereocenters. The summed E-state index contributed by atoms with van der Waals surface area (Å²) in [6, 6.07) is 6.95. The monoisotopic (exact) mass is 274 g/mol. The van der Waals surface area contributed by atoms with E-state index in [0.717, 1.165) is 10.1 Å². The van der Waals surface area contributed by atoms with Crippen molar-refractivity contribution in [3.05, 3.63) is 41.9 Å². The molecule has 1 aromatic heterocycles. The zero-order valence-corrected chi connectivity index (χ0v) is 10.3. The first-order chi connectivity index (χ1) is 8.41. The van der Waals surface area contributed by atoms with Crippen LogP contribution in [-0.2, 0) is 19.1 Å². The lowest BCUT2D eigenvalue weighted by Gasteiger charge is -2.04. The van der Waals surface area contributed by atoms with E-state index in [1.165, 1.54) is 13.2 Å². The number of halogens is 4. The van der Waals surface area contributed by atoms with Gasteiger partial charge in [0.1, 0.15) is 0 Å². The first-order valence-electron chi connectivity index (χ1n) is 5.17. The second-order valence-electron chi connectivity index (χ2n) is 3.89. The van der Waals surface area contributed by atoms with Gasteiger partial charge in [-0.3, -0.25) is 0 Å². The Balaban J connectivity index is 2.39. The molecule has 0 saturated carbocycles. The minimum atomic E-state index is -4.44. The van der Waals surface area contributed by atoms with Crippen molar-refractivity contribution in [2.75, 3.05) is 0 Å². The largest absolute Gasteiger partial charge is 0.449 e. The van der Waals surface area contributed by atoms with Gasteiger partial charge in [0.25, 0.3) is 0 Å². The highest BCUT2D eigenvalue weighted by molar-refractivity contribution is 6.17. The fourth-order valence-electron chi connectivity index (χ4n) is 1.63. The number of nitrogens with zero attached hydrogens (tertiary/aromatic N) is 2. The summed E-state index contributed by atoms with van der Waals surface area (Å²) in [7, 11) is 1.33. The van der Waals surface area contributed by atoms with E-state index in [4.69, 9.17) is 11.6 Å². The number of aryl methyl sites for hydroxylation is 1. The van der Waals surface area contributed by atoms with Crippen molar-refractivity contribution >= 4 is 11.6 Å². The number of imidazole rings is 1. The predicted molar refractivity (Wildman–Crippen MR) is 63.2 cm³/mol. The Bertz CT molecular complexity index is 543. The third kappa shape index (κ3) is 2.51. The summed E-state index contributed by atoms with van der Waals surface area (Å²) in [5.41, 5.74) is 1.84. The summed E-state index contributed by atoms with van der Waals surface area (Å²) in [4.78, 5) is 3.61. The zero-order chi connectivity index (χ0) is 13.3. The van der Waals surface area contributed by atoms with Crippen molar-refractivity contribution in [3.8, 4) is 11.3 Å². The molecule has 0 N–H and O–H groups in total. The maximum Gasteiger partial charge on any atom is 0.449 e. The van der Waals surface area contributed by atoms with Crippen LogP contribution in [-0.4, -0.2) is 9.55 Å². The van der Waals surface area contributed by atoms with Gasteiger partial charge in [-0.2, -0.15) is 13.2 Å². The highest BCUT2D eigenvalue weighted by Gasteiger charge is 2.36. The van der Waals surface area contributed by atoms with Crippen molar-refractivity contribution in [1.29, 1.82) is 0 Å². The van der Waals surface area contributed by atoms with Crippen molar-refractivity contribution in [1.82, 2.24) is 9.55 Å². The molecule has 6 heteroatoms. The summed E-state index contributed by atoms with van der Waals surface area (Å²) < 4.78 is 38.8. The van der Waals surface area contributed by atoms with E-state index >= 15 is 0 Å². The van der Waals surface area contributed by atoms with Gasteiger partial charge in [-0.25, -0.2) is 4.98 Å². The lowest BCUT2D eigenvalue weighted by molar-refractivity contribution is -0.146. The summed E-state index contributed by atoms with van der Waals surface area (Å²) >= 11 is 5.65. The number of alkyl halides is 4. The number of hydrogen-bond acceptors (Lipinski definition) is 1. The smallest absolute Gasteiger partial charge is 0.330 e. The zero-order valence-electron chi connectivity index (χ0n) is 9.50. The Morgan fingerprint density at radius 1 is 1.22 bits per heavy atom. The van der Waals surface area contributed by atoms with Gasteiger partial charge < -0.3 is 4.57 Å². The van der Waals surface area contributed by atoms with Gasteiger partial charge in [0, 0.05) is 24.7 Å². The molecular weight excluding hydrogens is 265 g/mol. The van der Waals surface area contributed by atoms with Crippen LogP contribution in [0.5, 0.6) is 0 Å². The van der Waals surface area contributed by atoms with Crippen molar-refractivity contribution in [2.45, 2.75) is 12.1 Å². The molecule has 0 aliphatic rings. The van der Waals surface area contributed by atoms with Gasteiger partial charge in [0.15, 0.2) is 0 Å². The van der Waals surface area contributed by atoms with Crippen LogP contribution in [0.15, 0.2) is 30.5 Å². The average molecular weight is 275 g/mol. The molecule has 1 aromatic carbocycles. The van der Waals surface area contributed by atoms with Gasteiger partial charge in [-0.1, -0.05) is 24.3 Å². The van der Waals surface area contributed by atoms with E-state index in [1.54, 1.807) is 24.3 Å². The predicted octanol–water partition coefficient (Wildman–Crippen LogP) is 3.84. The molecule has 0 amide bonds. The highest BCUT2D eigenvalue weighted by atomic mass is 35.5. The molecule has 1 heterocycles. The average Bonchev–Trinajstić information content (AvgIpc) is 2.71. The minimum absolute atomic E-state index is 0.297. The number of aromatic nitrogens is 2. The van der Waals surface area contributed by atoms with Crippen LogP contribution in [0.25, 0.3) is 11.3 Å². The molecule has 2 nitrogen and oxygen atoms in total. The van der Waals surface area contributed by atoms with Crippen molar-refractivity contribution in [3.63, 3.8) is 0 Å². The first-order valence-corrected chi connectivity index (χ1v) is 5.71. The normalized spacial score (nSPS) is 11.8. The maximum atomic E-state index is 12.6. The molecule has 96 valence electrons. The molecule has 0 saturated heterocycles. The third-order valence-corrected chi connectivity index (χ3v) is 2.84. The van der Waals surface area contributed by atoms with Crippen LogP contribution in [0.1, 0.15) is 11.4 Å².